The molecule has 10 heteroatoms. The highest BCUT2D eigenvalue weighted by Crippen LogP contribution is 2.34. The second kappa shape index (κ2) is 7.46. The van der Waals surface area contributed by atoms with Gasteiger partial charge in [-0.2, -0.15) is 10.2 Å². The van der Waals surface area contributed by atoms with E-state index in [-0.39, 0.29) is 0 Å². The monoisotopic (exact) mass is 432 g/mol. The van der Waals surface area contributed by atoms with E-state index in [9.17, 15) is 4.79 Å². The number of carbonyl (C=O) groups is 1. The average Bonchev–Trinajstić information content (AvgIpc) is 3.46. The summed E-state index contributed by atoms with van der Waals surface area (Å²) in [5, 5.41) is 10.3. The largest absolute Gasteiger partial charge is 0.273 e. The number of aromatic nitrogens is 6. The fraction of sp³-hybridized carbons (Fsp3) is 0.0952. The van der Waals surface area contributed by atoms with Crippen molar-refractivity contribution in [3.05, 3.63) is 83.7 Å². The highest BCUT2D eigenvalue weighted by molar-refractivity contribution is 6.34. The molecule has 1 atom stereocenters. The summed E-state index contributed by atoms with van der Waals surface area (Å²) in [5.74, 6) is 5.91. The quantitative estimate of drug-likeness (QED) is 0.265. The number of nitrogens with zero attached hydrogens (tertiary/aromatic N) is 7. The van der Waals surface area contributed by atoms with Gasteiger partial charge in [-0.05, 0) is 37.3 Å². The zero-order valence-corrected chi connectivity index (χ0v) is 17.2. The lowest BCUT2D eigenvalue weighted by atomic mass is 10.0. The number of pyridine rings is 2. The molecule has 0 fully saturated rings. The van der Waals surface area contributed by atoms with E-state index in [1.165, 1.54) is 10.7 Å². The topological polar surface area (TPSA) is 107 Å². The van der Waals surface area contributed by atoms with E-state index in [0.29, 0.717) is 16.2 Å². The van der Waals surface area contributed by atoms with Crippen LogP contribution >= 0.6 is 11.6 Å². The van der Waals surface area contributed by atoms with Crippen molar-refractivity contribution < 1.29 is 4.79 Å². The molecule has 0 aliphatic heterocycles. The molecule has 5 aromatic heterocycles. The Balaban J connectivity index is 1.62. The summed E-state index contributed by atoms with van der Waals surface area (Å²) in [7, 11) is 0. The number of rotatable bonds is 4. The van der Waals surface area contributed by atoms with Gasteiger partial charge in [-0.15, -0.1) is 0 Å². The van der Waals surface area contributed by atoms with Gasteiger partial charge < -0.3 is 0 Å². The molecule has 0 aliphatic rings. The second-order valence-electron chi connectivity index (χ2n) is 7.00. The van der Waals surface area contributed by atoms with E-state index >= 15 is 0 Å². The number of carbonyl (C=O) groups excluding carboxylic acids is 1. The van der Waals surface area contributed by atoms with Crippen LogP contribution in [0.1, 0.15) is 28.9 Å². The number of halogens is 1. The highest BCUT2D eigenvalue weighted by atomic mass is 35.5. The first-order valence-corrected chi connectivity index (χ1v) is 9.87. The summed E-state index contributed by atoms with van der Waals surface area (Å²) in [4.78, 5) is 21.7. The average molecular weight is 433 g/mol. The van der Waals surface area contributed by atoms with E-state index < -0.39 is 11.9 Å². The van der Waals surface area contributed by atoms with Gasteiger partial charge in [0.1, 0.15) is 5.56 Å². The molecule has 31 heavy (non-hydrogen) atoms. The van der Waals surface area contributed by atoms with Gasteiger partial charge in [-0.1, -0.05) is 11.6 Å². The lowest BCUT2D eigenvalue weighted by molar-refractivity contribution is 0.0692. The van der Waals surface area contributed by atoms with E-state index in [2.05, 4.69) is 20.2 Å². The van der Waals surface area contributed by atoms with E-state index in [4.69, 9.17) is 17.4 Å². The third-order valence-electron chi connectivity index (χ3n) is 5.20. The Morgan fingerprint density at radius 1 is 1.16 bits per heavy atom. The van der Waals surface area contributed by atoms with Crippen molar-refractivity contribution in [2.24, 2.45) is 5.84 Å². The Morgan fingerprint density at radius 2 is 2.03 bits per heavy atom. The lowest BCUT2D eigenvalue weighted by Crippen LogP contribution is -2.40. The first-order valence-electron chi connectivity index (χ1n) is 9.49. The third kappa shape index (κ3) is 3.11. The minimum absolute atomic E-state index is 0.309. The normalized spacial score (nSPS) is 12.4. The van der Waals surface area contributed by atoms with Crippen molar-refractivity contribution in [1.29, 1.82) is 0 Å². The number of hydrazine groups is 1. The van der Waals surface area contributed by atoms with Crippen molar-refractivity contribution in [2.75, 3.05) is 0 Å². The Hall–Kier alpha value is -3.82. The van der Waals surface area contributed by atoms with Crippen LogP contribution in [-0.2, 0) is 0 Å². The number of nitrogens with two attached hydrogens (primary N) is 1. The summed E-state index contributed by atoms with van der Waals surface area (Å²) >= 11 is 6.52. The molecule has 0 bridgehead atoms. The standard InChI is InChI=1S/C21H17ClN8O/c1-13(29(23)21(31)16-12-27-28-9-3-7-25-20(16)28)15-10-17(22)18-5-8-26-30(18)19(15)14-4-2-6-24-11-14/h2-13H,23H2,1H3. The molecule has 0 saturated carbocycles. The smallest absolute Gasteiger partial charge is 0.269 e. The fourth-order valence-corrected chi connectivity index (χ4v) is 3.88. The molecule has 0 aliphatic carbocycles. The maximum Gasteiger partial charge on any atom is 0.273 e. The summed E-state index contributed by atoms with van der Waals surface area (Å²) < 4.78 is 3.26. The molecule has 154 valence electrons. The molecule has 0 spiro atoms. The van der Waals surface area contributed by atoms with Gasteiger partial charge in [-0.25, -0.2) is 19.9 Å². The van der Waals surface area contributed by atoms with Gasteiger partial charge in [0, 0.05) is 35.9 Å². The van der Waals surface area contributed by atoms with E-state index in [1.807, 2.05) is 31.2 Å². The maximum absolute atomic E-state index is 13.2. The summed E-state index contributed by atoms with van der Waals surface area (Å²) in [6, 6.07) is 8.60. The van der Waals surface area contributed by atoms with Gasteiger partial charge in [0.15, 0.2) is 5.65 Å². The Bertz CT molecular complexity index is 1410. The Morgan fingerprint density at radius 3 is 2.84 bits per heavy atom. The highest BCUT2D eigenvalue weighted by Gasteiger charge is 2.27. The number of hydrogen-bond acceptors (Lipinski definition) is 6. The first kappa shape index (κ1) is 19.2. The minimum atomic E-state index is -0.535. The molecule has 1 amide bonds. The Labute approximate surface area is 181 Å². The van der Waals surface area contributed by atoms with Gasteiger partial charge in [-0.3, -0.25) is 14.8 Å². The molecule has 5 rings (SSSR count). The molecule has 0 radical (unpaired) electrons. The number of fused-ring (bicyclic) bond motifs is 2. The van der Waals surface area contributed by atoms with Crippen molar-refractivity contribution in [3.8, 4) is 11.3 Å². The molecule has 0 saturated heterocycles. The van der Waals surface area contributed by atoms with Crippen LogP contribution in [-0.4, -0.2) is 40.1 Å². The van der Waals surface area contributed by atoms with Crippen LogP contribution < -0.4 is 5.84 Å². The van der Waals surface area contributed by atoms with Crippen LogP contribution in [0.4, 0.5) is 0 Å². The van der Waals surface area contributed by atoms with Crippen molar-refractivity contribution in [3.63, 3.8) is 0 Å². The van der Waals surface area contributed by atoms with Gasteiger partial charge >= 0.3 is 0 Å². The first-order chi connectivity index (χ1) is 15.1. The molecule has 0 aromatic carbocycles. The second-order valence-corrected chi connectivity index (χ2v) is 7.41. The number of hydrogen-bond donors (Lipinski definition) is 1. The minimum Gasteiger partial charge on any atom is -0.269 e. The van der Waals surface area contributed by atoms with Crippen molar-refractivity contribution in [1.82, 2.24) is 34.2 Å². The predicted molar refractivity (Wildman–Crippen MR) is 115 cm³/mol. The number of amides is 1. The molecular weight excluding hydrogens is 416 g/mol. The molecular formula is C21H17ClN8O. The van der Waals surface area contributed by atoms with Crippen LogP contribution in [0.25, 0.3) is 22.4 Å². The van der Waals surface area contributed by atoms with Crippen molar-refractivity contribution in [2.45, 2.75) is 13.0 Å². The van der Waals surface area contributed by atoms with Crippen molar-refractivity contribution >= 4 is 28.7 Å². The van der Waals surface area contributed by atoms with Crippen LogP contribution in [0, 0.1) is 0 Å². The predicted octanol–water partition coefficient (Wildman–Crippen LogP) is 3.17. The fourth-order valence-electron chi connectivity index (χ4n) is 3.62. The summed E-state index contributed by atoms with van der Waals surface area (Å²) in [6.45, 7) is 1.83. The maximum atomic E-state index is 13.2. The molecule has 5 heterocycles. The third-order valence-corrected chi connectivity index (χ3v) is 5.50. The van der Waals surface area contributed by atoms with Crippen LogP contribution in [0.3, 0.4) is 0 Å². The van der Waals surface area contributed by atoms with Crippen LogP contribution in [0.5, 0.6) is 0 Å². The summed E-state index contributed by atoms with van der Waals surface area (Å²) in [6.07, 6.45) is 9.88. The Kier molecular flexibility index (Phi) is 4.61. The van der Waals surface area contributed by atoms with E-state index in [1.54, 1.807) is 41.6 Å². The summed E-state index contributed by atoms with van der Waals surface area (Å²) in [5.41, 5.74) is 3.81. The zero-order chi connectivity index (χ0) is 21.5. The zero-order valence-electron chi connectivity index (χ0n) is 16.4. The van der Waals surface area contributed by atoms with Gasteiger partial charge in [0.05, 0.1) is 34.7 Å². The molecule has 5 aromatic rings. The van der Waals surface area contributed by atoms with Crippen LogP contribution in [0.2, 0.25) is 5.02 Å². The molecule has 2 N–H and O–H groups in total. The van der Waals surface area contributed by atoms with E-state index in [0.717, 1.165) is 27.3 Å². The van der Waals surface area contributed by atoms with Crippen LogP contribution in [0.15, 0.2) is 67.5 Å². The van der Waals surface area contributed by atoms with Gasteiger partial charge in [0.25, 0.3) is 5.91 Å². The molecule has 9 nitrogen and oxygen atoms in total. The lowest BCUT2D eigenvalue weighted by Gasteiger charge is -2.26. The van der Waals surface area contributed by atoms with Gasteiger partial charge in [0.2, 0.25) is 0 Å². The SMILES string of the molecule is CC(c1cc(Cl)c2ccnn2c1-c1cccnc1)N(N)C(=O)c1cnn2cccnc12. The molecule has 1 unspecified atom stereocenters.